The molecule has 1 N–H and O–H groups in total. The third-order valence-corrected chi connectivity index (χ3v) is 6.44. The van der Waals surface area contributed by atoms with E-state index in [9.17, 15) is 9.59 Å². The molecule has 0 atom stereocenters. The lowest BCUT2D eigenvalue weighted by atomic mass is 9.95. The average Bonchev–Trinajstić information content (AvgIpc) is 3.24. The zero-order valence-electron chi connectivity index (χ0n) is 18.8. The van der Waals surface area contributed by atoms with E-state index >= 15 is 0 Å². The predicted molar refractivity (Wildman–Crippen MR) is 125 cm³/mol. The zero-order valence-corrected chi connectivity index (χ0v) is 18.8. The predicted octanol–water partition coefficient (Wildman–Crippen LogP) is 3.20. The number of fused-ring (bicyclic) bond motifs is 1. The van der Waals surface area contributed by atoms with Crippen LogP contribution in [-0.4, -0.2) is 48.9 Å². The lowest BCUT2D eigenvalue weighted by molar-refractivity contribution is 0.0711. The molecule has 5 rings (SSSR count). The van der Waals surface area contributed by atoms with Gasteiger partial charge in [0.15, 0.2) is 11.2 Å². The Balaban J connectivity index is 1.35. The molecule has 168 valence electrons. The molecule has 0 saturated carbocycles. The van der Waals surface area contributed by atoms with Crippen molar-refractivity contribution in [2.75, 3.05) is 13.1 Å². The van der Waals surface area contributed by atoms with E-state index in [-0.39, 0.29) is 22.9 Å². The van der Waals surface area contributed by atoms with Crippen molar-refractivity contribution >= 4 is 17.1 Å². The van der Waals surface area contributed by atoms with Crippen LogP contribution in [0.2, 0.25) is 0 Å². The number of nitrogens with one attached hydrogen (secondary N) is 1. The number of aromatic nitrogens is 5. The summed E-state index contributed by atoms with van der Waals surface area (Å²) in [5.41, 5.74) is 4.57. The number of piperidine rings is 1. The van der Waals surface area contributed by atoms with Crippen molar-refractivity contribution in [1.82, 2.24) is 29.9 Å². The summed E-state index contributed by atoms with van der Waals surface area (Å²) in [6, 6.07) is 15.7. The SMILES string of the molecule is Cc1ccc(C(=O)N2CCC(c3nc4c(nnn4Cc4ccccc4C)c(=O)[nH]3)CC2)cc1. The van der Waals surface area contributed by atoms with Gasteiger partial charge in [-0.15, -0.1) is 5.10 Å². The molecule has 0 aliphatic carbocycles. The van der Waals surface area contributed by atoms with Crippen LogP contribution in [0.3, 0.4) is 0 Å². The summed E-state index contributed by atoms with van der Waals surface area (Å²) in [7, 11) is 0. The Morgan fingerprint density at radius 3 is 2.52 bits per heavy atom. The van der Waals surface area contributed by atoms with Crippen molar-refractivity contribution in [3.8, 4) is 0 Å². The molecule has 8 nitrogen and oxygen atoms in total. The highest BCUT2D eigenvalue weighted by atomic mass is 16.2. The van der Waals surface area contributed by atoms with Crippen molar-refractivity contribution in [1.29, 1.82) is 0 Å². The van der Waals surface area contributed by atoms with Gasteiger partial charge in [0.2, 0.25) is 0 Å². The summed E-state index contributed by atoms with van der Waals surface area (Å²) in [5.74, 6) is 0.764. The molecule has 8 heteroatoms. The van der Waals surface area contributed by atoms with Crippen molar-refractivity contribution in [3.63, 3.8) is 0 Å². The van der Waals surface area contributed by atoms with Crippen LogP contribution in [0.1, 0.15) is 51.6 Å². The third kappa shape index (κ3) is 4.16. The van der Waals surface area contributed by atoms with Crippen LogP contribution in [0.15, 0.2) is 53.3 Å². The first-order valence-electron chi connectivity index (χ1n) is 11.2. The number of aromatic amines is 1. The van der Waals surface area contributed by atoms with E-state index in [4.69, 9.17) is 4.98 Å². The van der Waals surface area contributed by atoms with Gasteiger partial charge in [-0.25, -0.2) is 9.67 Å². The molecular weight excluding hydrogens is 416 g/mol. The molecule has 0 spiro atoms. The van der Waals surface area contributed by atoms with Gasteiger partial charge in [-0.1, -0.05) is 47.2 Å². The summed E-state index contributed by atoms with van der Waals surface area (Å²) in [6.45, 7) is 5.81. The number of carbonyl (C=O) groups is 1. The third-order valence-electron chi connectivity index (χ3n) is 6.44. The molecule has 33 heavy (non-hydrogen) atoms. The summed E-state index contributed by atoms with van der Waals surface area (Å²) >= 11 is 0. The Kier molecular flexibility index (Phi) is 5.50. The normalized spacial score (nSPS) is 14.7. The Bertz CT molecular complexity index is 1360. The molecule has 1 aliphatic rings. The number of nitrogens with zero attached hydrogens (tertiary/aromatic N) is 5. The van der Waals surface area contributed by atoms with Gasteiger partial charge in [0.1, 0.15) is 5.82 Å². The summed E-state index contributed by atoms with van der Waals surface area (Å²) in [6.07, 6.45) is 1.48. The number of H-pyrrole nitrogens is 1. The number of hydrogen-bond acceptors (Lipinski definition) is 5. The number of carbonyl (C=O) groups excluding carboxylic acids is 1. The Morgan fingerprint density at radius 2 is 1.79 bits per heavy atom. The number of rotatable bonds is 4. The van der Waals surface area contributed by atoms with Crippen LogP contribution in [-0.2, 0) is 6.54 Å². The minimum atomic E-state index is -0.274. The largest absolute Gasteiger partial charge is 0.339 e. The fraction of sp³-hybridized carbons (Fsp3) is 0.320. The van der Waals surface area contributed by atoms with Crippen molar-refractivity contribution < 1.29 is 4.79 Å². The Hall–Kier alpha value is -3.81. The van der Waals surface area contributed by atoms with E-state index in [1.807, 2.05) is 67.3 Å². The van der Waals surface area contributed by atoms with Gasteiger partial charge >= 0.3 is 0 Å². The number of benzene rings is 2. The van der Waals surface area contributed by atoms with Crippen molar-refractivity contribution in [2.24, 2.45) is 0 Å². The molecule has 1 saturated heterocycles. The summed E-state index contributed by atoms with van der Waals surface area (Å²) in [5, 5.41) is 8.24. The summed E-state index contributed by atoms with van der Waals surface area (Å²) < 4.78 is 1.69. The Labute approximate surface area is 191 Å². The van der Waals surface area contributed by atoms with Gasteiger partial charge in [-0.05, 0) is 49.9 Å². The maximum atomic E-state index is 12.8. The molecule has 4 aromatic rings. The monoisotopic (exact) mass is 442 g/mol. The van der Waals surface area contributed by atoms with E-state index in [0.717, 1.165) is 29.5 Å². The topological polar surface area (TPSA) is 96.8 Å². The van der Waals surface area contributed by atoms with Gasteiger partial charge in [0, 0.05) is 24.6 Å². The highest BCUT2D eigenvalue weighted by Crippen LogP contribution is 2.26. The van der Waals surface area contributed by atoms with Crippen molar-refractivity contribution in [3.05, 3.63) is 87.0 Å². The summed E-state index contributed by atoms with van der Waals surface area (Å²) in [4.78, 5) is 35.1. The van der Waals surface area contributed by atoms with Gasteiger partial charge < -0.3 is 9.88 Å². The number of amides is 1. The molecule has 0 bridgehead atoms. The molecule has 1 aliphatic heterocycles. The molecular formula is C25H26N6O2. The first-order valence-corrected chi connectivity index (χ1v) is 11.2. The second kappa shape index (κ2) is 8.61. The average molecular weight is 443 g/mol. The number of hydrogen-bond donors (Lipinski definition) is 1. The fourth-order valence-electron chi connectivity index (χ4n) is 4.37. The molecule has 1 fully saturated rings. The lowest BCUT2D eigenvalue weighted by Gasteiger charge is -2.31. The minimum Gasteiger partial charge on any atom is -0.339 e. The highest BCUT2D eigenvalue weighted by Gasteiger charge is 2.27. The number of likely N-dealkylation sites (tertiary alicyclic amines) is 1. The highest BCUT2D eigenvalue weighted by molar-refractivity contribution is 5.94. The van der Waals surface area contributed by atoms with Crippen LogP contribution in [0.4, 0.5) is 0 Å². The van der Waals surface area contributed by atoms with Gasteiger partial charge in [-0.3, -0.25) is 9.59 Å². The van der Waals surface area contributed by atoms with Crippen molar-refractivity contribution in [2.45, 2.75) is 39.2 Å². The zero-order chi connectivity index (χ0) is 22.9. The van der Waals surface area contributed by atoms with E-state index in [1.54, 1.807) is 4.68 Å². The maximum absolute atomic E-state index is 12.8. The second-order valence-corrected chi connectivity index (χ2v) is 8.73. The fourth-order valence-corrected chi connectivity index (χ4v) is 4.37. The number of aryl methyl sites for hydroxylation is 2. The van der Waals surface area contributed by atoms with E-state index in [0.29, 0.717) is 36.7 Å². The minimum absolute atomic E-state index is 0.0471. The molecule has 0 radical (unpaired) electrons. The second-order valence-electron chi connectivity index (χ2n) is 8.73. The van der Waals surface area contributed by atoms with E-state index in [2.05, 4.69) is 15.3 Å². The van der Waals surface area contributed by atoms with Gasteiger partial charge in [0.05, 0.1) is 6.54 Å². The van der Waals surface area contributed by atoms with Gasteiger partial charge in [0.25, 0.3) is 11.5 Å². The van der Waals surface area contributed by atoms with Gasteiger partial charge in [-0.2, -0.15) is 0 Å². The molecule has 2 aromatic carbocycles. The quantitative estimate of drug-likeness (QED) is 0.524. The molecule has 1 amide bonds. The standard InChI is InChI=1S/C25H26N6O2/c1-16-7-9-19(10-8-16)25(33)30-13-11-18(12-14-30)22-26-23-21(24(32)27-22)28-29-31(23)15-20-6-4-3-5-17(20)2/h3-10,18H,11-15H2,1-2H3,(H,26,27,32). The first kappa shape index (κ1) is 21.1. The van der Waals surface area contributed by atoms with Crippen LogP contribution in [0.25, 0.3) is 11.2 Å². The smallest absolute Gasteiger partial charge is 0.281 e. The lowest BCUT2D eigenvalue weighted by Crippen LogP contribution is -2.38. The van der Waals surface area contributed by atoms with E-state index < -0.39 is 0 Å². The molecule has 2 aromatic heterocycles. The van der Waals surface area contributed by atoms with Crippen LogP contribution >= 0.6 is 0 Å². The van der Waals surface area contributed by atoms with Crippen LogP contribution < -0.4 is 5.56 Å². The van der Waals surface area contributed by atoms with E-state index in [1.165, 1.54) is 0 Å². The Morgan fingerprint density at radius 1 is 1.06 bits per heavy atom. The maximum Gasteiger partial charge on any atom is 0.281 e. The first-order chi connectivity index (χ1) is 16.0. The molecule has 3 heterocycles. The molecule has 0 unspecified atom stereocenters. The van der Waals surface area contributed by atoms with Crippen LogP contribution in [0.5, 0.6) is 0 Å². The van der Waals surface area contributed by atoms with Crippen LogP contribution in [0, 0.1) is 13.8 Å².